The summed E-state index contributed by atoms with van der Waals surface area (Å²) in [6, 6.07) is 0. The minimum atomic E-state index is 0.815. The molecule has 0 heterocycles. The summed E-state index contributed by atoms with van der Waals surface area (Å²) in [5.74, 6) is 1.63. The van der Waals surface area contributed by atoms with E-state index in [1.54, 1.807) is 0 Å². The first kappa shape index (κ1) is 8.58. The largest absolute Gasteiger partial charge is 0.0814 e. The molecule has 0 bridgehead atoms. The molecule has 0 amide bonds. The molecule has 11 heavy (non-hydrogen) atoms. The Kier molecular flexibility index (Phi) is 3.41. The van der Waals surface area contributed by atoms with Crippen LogP contribution in [0.25, 0.3) is 0 Å². The van der Waals surface area contributed by atoms with E-state index in [0.29, 0.717) is 0 Å². The summed E-state index contributed by atoms with van der Waals surface area (Å²) in [7, 11) is 0. The van der Waals surface area contributed by atoms with Crippen molar-refractivity contribution in [3.05, 3.63) is 24.3 Å². The first-order valence-electron chi connectivity index (χ1n) is 4.71. The summed E-state index contributed by atoms with van der Waals surface area (Å²) in [4.78, 5) is 0. The summed E-state index contributed by atoms with van der Waals surface area (Å²) in [5.41, 5.74) is 0. The zero-order chi connectivity index (χ0) is 8.10. The third-order valence-corrected chi connectivity index (χ3v) is 2.53. The van der Waals surface area contributed by atoms with Gasteiger partial charge in [-0.25, -0.2) is 0 Å². The van der Waals surface area contributed by atoms with Crippen molar-refractivity contribution in [2.75, 3.05) is 0 Å². The highest BCUT2D eigenvalue weighted by atomic mass is 14.1. The quantitative estimate of drug-likeness (QED) is 0.564. The molecule has 1 aliphatic carbocycles. The van der Waals surface area contributed by atoms with Gasteiger partial charge in [-0.1, -0.05) is 38.2 Å². The molecule has 0 aromatic carbocycles. The van der Waals surface area contributed by atoms with Crippen molar-refractivity contribution in [3.8, 4) is 0 Å². The van der Waals surface area contributed by atoms with Gasteiger partial charge in [0.25, 0.3) is 0 Å². The Hall–Kier alpha value is -0.520. The second-order valence-corrected chi connectivity index (χ2v) is 3.34. The highest BCUT2D eigenvalue weighted by Gasteiger charge is 2.10. The molecular weight excluding hydrogens is 132 g/mol. The van der Waals surface area contributed by atoms with Crippen LogP contribution in [0.4, 0.5) is 0 Å². The monoisotopic (exact) mass is 150 g/mol. The summed E-state index contributed by atoms with van der Waals surface area (Å²) in [6.07, 6.45) is 13.0. The summed E-state index contributed by atoms with van der Waals surface area (Å²) in [5, 5.41) is 0. The highest BCUT2D eigenvalue weighted by Crippen LogP contribution is 2.23. The van der Waals surface area contributed by atoms with Crippen LogP contribution in [-0.4, -0.2) is 0 Å². The van der Waals surface area contributed by atoms with Gasteiger partial charge < -0.3 is 0 Å². The third kappa shape index (κ3) is 2.53. The van der Waals surface area contributed by atoms with Gasteiger partial charge in [-0.3, -0.25) is 0 Å². The molecule has 62 valence electrons. The SMILES string of the molecule is CCC1C=CC=CC(CC)C1. The van der Waals surface area contributed by atoms with Crippen molar-refractivity contribution >= 4 is 0 Å². The van der Waals surface area contributed by atoms with Gasteiger partial charge in [-0.15, -0.1) is 0 Å². The third-order valence-electron chi connectivity index (χ3n) is 2.53. The minimum absolute atomic E-state index is 0.815. The minimum Gasteiger partial charge on any atom is -0.0814 e. The molecule has 1 aliphatic rings. The second-order valence-electron chi connectivity index (χ2n) is 3.34. The van der Waals surface area contributed by atoms with Crippen molar-refractivity contribution in [2.24, 2.45) is 11.8 Å². The smallest absolute Gasteiger partial charge is 0.0227 e. The highest BCUT2D eigenvalue weighted by molar-refractivity contribution is 5.09. The Labute approximate surface area is 70.0 Å². The molecule has 0 aromatic rings. The lowest BCUT2D eigenvalue weighted by molar-refractivity contribution is 0.465. The van der Waals surface area contributed by atoms with Crippen molar-refractivity contribution < 1.29 is 0 Å². The molecule has 0 radical (unpaired) electrons. The molecule has 0 spiro atoms. The molecule has 0 nitrogen and oxygen atoms in total. The maximum Gasteiger partial charge on any atom is -0.0227 e. The Morgan fingerprint density at radius 3 is 1.82 bits per heavy atom. The molecular formula is C11H18. The summed E-state index contributed by atoms with van der Waals surface area (Å²) in [6.45, 7) is 4.54. The zero-order valence-corrected chi connectivity index (χ0v) is 7.59. The maximum atomic E-state index is 2.34. The molecule has 2 atom stereocenters. The maximum absolute atomic E-state index is 2.34. The zero-order valence-electron chi connectivity index (χ0n) is 7.59. The lowest BCUT2D eigenvalue weighted by Crippen LogP contribution is -2.01. The van der Waals surface area contributed by atoms with Crippen molar-refractivity contribution in [1.82, 2.24) is 0 Å². The van der Waals surface area contributed by atoms with Crippen LogP contribution < -0.4 is 0 Å². The van der Waals surface area contributed by atoms with Crippen LogP contribution in [0, 0.1) is 11.8 Å². The molecule has 0 fully saturated rings. The van der Waals surface area contributed by atoms with E-state index in [-0.39, 0.29) is 0 Å². The van der Waals surface area contributed by atoms with Crippen LogP contribution >= 0.6 is 0 Å². The van der Waals surface area contributed by atoms with E-state index in [1.807, 2.05) is 0 Å². The predicted octanol–water partition coefficient (Wildman–Crippen LogP) is 3.55. The molecule has 0 aliphatic heterocycles. The normalized spacial score (nSPS) is 30.4. The van der Waals surface area contributed by atoms with E-state index in [9.17, 15) is 0 Å². The Bertz CT molecular complexity index is 135. The fourth-order valence-electron chi connectivity index (χ4n) is 1.59. The summed E-state index contributed by atoms with van der Waals surface area (Å²) < 4.78 is 0. The number of rotatable bonds is 2. The second kappa shape index (κ2) is 4.38. The van der Waals surface area contributed by atoms with E-state index in [4.69, 9.17) is 0 Å². The van der Waals surface area contributed by atoms with Crippen LogP contribution in [-0.2, 0) is 0 Å². The van der Waals surface area contributed by atoms with Crippen LogP contribution in [0.5, 0.6) is 0 Å². The first-order valence-corrected chi connectivity index (χ1v) is 4.71. The molecule has 0 heteroatoms. The molecule has 0 saturated carbocycles. The van der Waals surface area contributed by atoms with Gasteiger partial charge >= 0.3 is 0 Å². The van der Waals surface area contributed by atoms with E-state index < -0.39 is 0 Å². The number of hydrogen-bond acceptors (Lipinski definition) is 0. The topological polar surface area (TPSA) is 0 Å². The van der Waals surface area contributed by atoms with E-state index in [2.05, 4.69) is 38.2 Å². The average Bonchev–Trinajstić information content (AvgIpc) is 2.28. The first-order chi connectivity index (χ1) is 5.36. The van der Waals surface area contributed by atoms with Crippen molar-refractivity contribution in [1.29, 1.82) is 0 Å². The van der Waals surface area contributed by atoms with Gasteiger partial charge in [0.05, 0.1) is 0 Å². The number of hydrogen-bond donors (Lipinski definition) is 0. The molecule has 0 N–H and O–H groups in total. The molecule has 2 unspecified atom stereocenters. The number of allylic oxidation sites excluding steroid dienone is 4. The Morgan fingerprint density at radius 2 is 1.45 bits per heavy atom. The van der Waals surface area contributed by atoms with Gasteiger partial charge in [0.15, 0.2) is 0 Å². The van der Waals surface area contributed by atoms with Crippen LogP contribution in [0.2, 0.25) is 0 Å². The van der Waals surface area contributed by atoms with E-state index in [1.165, 1.54) is 19.3 Å². The Morgan fingerprint density at radius 1 is 1.00 bits per heavy atom. The van der Waals surface area contributed by atoms with Gasteiger partial charge in [-0.2, -0.15) is 0 Å². The standard InChI is InChI=1S/C11H18/c1-3-10-7-5-6-8-11(4-2)9-10/h5-8,10-11H,3-4,9H2,1-2H3. The van der Waals surface area contributed by atoms with Crippen LogP contribution in [0.3, 0.4) is 0 Å². The summed E-state index contributed by atoms with van der Waals surface area (Å²) >= 11 is 0. The average molecular weight is 150 g/mol. The van der Waals surface area contributed by atoms with E-state index >= 15 is 0 Å². The van der Waals surface area contributed by atoms with Crippen LogP contribution in [0.1, 0.15) is 33.1 Å². The predicted molar refractivity (Wildman–Crippen MR) is 50.5 cm³/mol. The molecule has 0 saturated heterocycles. The van der Waals surface area contributed by atoms with Gasteiger partial charge in [-0.05, 0) is 31.1 Å². The fourth-order valence-corrected chi connectivity index (χ4v) is 1.59. The molecule has 0 aromatic heterocycles. The van der Waals surface area contributed by atoms with Crippen LogP contribution in [0.15, 0.2) is 24.3 Å². The van der Waals surface area contributed by atoms with E-state index in [0.717, 1.165) is 11.8 Å². The lowest BCUT2D eigenvalue weighted by Gasteiger charge is -2.13. The van der Waals surface area contributed by atoms with Gasteiger partial charge in [0, 0.05) is 0 Å². The van der Waals surface area contributed by atoms with Crippen molar-refractivity contribution in [2.45, 2.75) is 33.1 Å². The van der Waals surface area contributed by atoms with Crippen molar-refractivity contribution in [3.63, 3.8) is 0 Å². The van der Waals surface area contributed by atoms with Gasteiger partial charge in [0.1, 0.15) is 0 Å². The Balaban J connectivity index is 2.51. The molecule has 1 rings (SSSR count). The van der Waals surface area contributed by atoms with Gasteiger partial charge in [0.2, 0.25) is 0 Å². The lowest BCUT2D eigenvalue weighted by atomic mass is 9.92. The fraction of sp³-hybridized carbons (Fsp3) is 0.636.